The van der Waals surface area contributed by atoms with E-state index in [1.54, 1.807) is 7.11 Å². The van der Waals surface area contributed by atoms with Crippen molar-refractivity contribution in [3.63, 3.8) is 0 Å². The Balaban J connectivity index is 1.89. The lowest BCUT2D eigenvalue weighted by molar-refractivity contribution is 0.409. The molecule has 16 heavy (non-hydrogen) atoms. The van der Waals surface area contributed by atoms with Crippen LogP contribution in [0, 0.1) is 0 Å². The molecule has 1 aliphatic heterocycles. The van der Waals surface area contributed by atoms with Crippen LogP contribution in [0.15, 0.2) is 18.2 Å². The van der Waals surface area contributed by atoms with Gasteiger partial charge in [-0.2, -0.15) is 0 Å². The summed E-state index contributed by atoms with van der Waals surface area (Å²) in [6, 6.07) is 6.84. The Morgan fingerprint density at radius 3 is 2.69 bits per heavy atom. The van der Waals surface area contributed by atoms with Crippen LogP contribution in [0.4, 0.5) is 0 Å². The Morgan fingerprint density at radius 1 is 1.19 bits per heavy atom. The van der Waals surface area contributed by atoms with Crippen molar-refractivity contribution in [2.75, 3.05) is 20.2 Å². The zero-order chi connectivity index (χ0) is 11.0. The van der Waals surface area contributed by atoms with Gasteiger partial charge < -0.3 is 10.1 Å². The smallest absolute Gasteiger partial charge is 0.122 e. The summed E-state index contributed by atoms with van der Waals surface area (Å²) in [6.45, 7) is 2.27. The molecule has 2 heteroatoms. The average Bonchev–Trinajstić information content (AvgIpc) is 3.03. The predicted octanol–water partition coefficient (Wildman–Crippen LogP) is 2.65. The number of hydrogen-bond donors (Lipinski definition) is 1. The standard InChI is InChI=1S/C14H19NO/c1-16-14-8-11(12-6-7-15-9-12)4-5-13(14)10-2-3-10/h4-5,8,10,12,15H,2-3,6-7,9H2,1H3. The zero-order valence-corrected chi connectivity index (χ0v) is 9.83. The first-order valence-corrected chi connectivity index (χ1v) is 6.27. The lowest BCUT2D eigenvalue weighted by Crippen LogP contribution is -2.08. The SMILES string of the molecule is COc1cc(C2CCNC2)ccc1C1CC1. The number of benzene rings is 1. The molecule has 1 heterocycles. The highest BCUT2D eigenvalue weighted by Crippen LogP contribution is 2.45. The third-order valence-corrected chi connectivity index (χ3v) is 3.81. The van der Waals surface area contributed by atoms with Crippen molar-refractivity contribution in [1.29, 1.82) is 0 Å². The lowest BCUT2D eigenvalue weighted by atomic mass is 9.96. The number of ether oxygens (including phenoxy) is 1. The van der Waals surface area contributed by atoms with Crippen molar-refractivity contribution in [2.45, 2.75) is 31.1 Å². The van der Waals surface area contributed by atoms with Gasteiger partial charge in [0.15, 0.2) is 0 Å². The molecule has 0 radical (unpaired) electrons. The van der Waals surface area contributed by atoms with E-state index in [1.165, 1.54) is 30.4 Å². The van der Waals surface area contributed by atoms with Gasteiger partial charge in [0.05, 0.1) is 7.11 Å². The Labute approximate surface area is 97.0 Å². The summed E-state index contributed by atoms with van der Waals surface area (Å²) in [5.41, 5.74) is 2.85. The van der Waals surface area contributed by atoms with Gasteiger partial charge in [0.1, 0.15) is 5.75 Å². The fourth-order valence-corrected chi connectivity index (χ4v) is 2.65. The van der Waals surface area contributed by atoms with Crippen molar-refractivity contribution < 1.29 is 4.74 Å². The van der Waals surface area contributed by atoms with Crippen LogP contribution in [0.25, 0.3) is 0 Å². The number of methoxy groups -OCH3 is 1. The minimum Gasteiger partial charge on any atom is -0.496 e. The number of rotatable bonds is 3. The molecule has 2 aliphatic rings. The molecule has 3 rings (SSSR count). The van der Waals surface area contributed by atoms with Crippen molar-refractivity contribution in [3.8, 4) is 5.75 Å². The van der Waals surface area contributed by atoms with E-state index < -0.39 is 0 Å². The minimum absolute atomic E-state index is 0.683. The third-order valence-electron chi connectivity index (χ3n) is 3.81. The quantitative estimate of drug-likeness (QED) is 0.840. The highest BCUT2D eigenvalue weighted by Gasteiger charge is 2.27. The highest BCUT2D eigenvalue weighted by molar-refractivity contribution is 5.43. The maximum Gasteiger partial charge on any atom is 0.122 e. The van der Waals surface area contributed by atoms with E-state index in [2.05, 4.69) is 23.5 Å². The molecule has 1 aliphatic carbocycles. The first-order chi connectivity index (χ1) is 7.88. The van der Waals surface area contributed by atoms with E-state index in [-0.39, 0.29) is 0 Å². The van der Waals surface area contributed by atoms with Crippen molar-refractivity contribution in [3.05, 3.63) is 29.3 Å². The summed E-state index contributed by atoms with van der Waals surface area (Å²) in [5, 5.41) is 3.42. The second-order valence-electron chi connectivity index (χ2n) is 4.97. The van der Waals surface area contributed by atoms with Crippen LogP contribution in [0.5, 0.6) is 5.75 Å². The first kappa shape index (κ1) is 10.2. The Hall–Kier alpha value is -1.02. The molecule has 1 saturated heterocycles. The summed E-state index contributed by atoms with van der Waals surface area (Å²) >= 11 is 0. The van der Waals surface area contributed by atoms with Crippen LogP contribution >= 0.6 is 0 Å². The Morgan fingerprint density at radius 2 is 2.06 bits per heavy atom. The minimum atomic E-state index is 0.683. The van der Waals surface area contributed by atoms with E-state index in [4.69, 9.17) is 4.74 Å². The fraction of sp³-hybridized carbons (Fsp3) is 0.571. The van der Waals surface area contributed by atoms with Crippen LogP contribution in [0.2, 0.25) is 0 Å². The maximum absolute atomic E-state index is 5.53. The number of nitrogens with one attached hydrogen (secondary N) is 1. The summed E-state index contributed by atoms with van der Waals surface area (Å²) in [7, 11) is 1.79. The second kappa shape index (κ2) is 4.10. The number of hydrogen-bond acceptors (Lipinski definition) is 2. The predicted molar refractivity (Wildman–Crippen MR) is 65.2 cm³/mol. The van der Waals surface area contributed by atoms with Gasteiger partial charge in [-0.15, -0.1) is 0 Å². The van der Waals surface area contributed by atoms with Crippen molar-refractivity contribution >= 4 is 0 Å². The Bertz CT molecular complexity index is 378. The van der Waals surface area contributed by atoms with Gasteiger partial charge in [-0.05, 0) is 54.8 Å². The monoisotopic (exact) mass is 217 g/mol. The molecule has 2 nitrogen and oxygen atoms in total. The molecule has 2 fully saturated rings. The second-order valence-corrected chi connectivity index (χ2v) is 4.97. The van der Waals surface area contributed by atoms with E-state index in [1.807, 2.05) is 0 Å². The van der Waals surface area contributed by atoms with Crippen molar-refractivity contribution in [1.82, 2.24) is 5.32 Å². The molecular formula is C14H19NO. The molecule has 1 saturated carbocycles. The molecule has 1 aromatic carbocycles. The summed E-state index contributed by atoms with van der Waals surface area (Å²) in [6.07, 6.45) is 3.92. The van der Waals surface area contributed by atoms with Gasteiger partial charge in [0, 0.05) is 6.54 Å². The maximum atomic E-state index is 5.53. The first-order valence-electron chi connectivity index (χ1n) is 6.27. The van der Waals surface area contributed by atoms with Gasteiger partial charge in [0.25, 0.3) is 0 Å². The largest absolute Gasteiger partial charge is 0.496 e. The average molecular weight is 217 g/mol. The van der Waals surface area contributed by atoms with E-state index in [0.717, 1.165) is 24.8 Å². The van der Waals surface area contributed by atoms with E-state index in [9.17, 15) is 0 Å². The van der Waals surface area contributed by atoms with Crippen LogP contribution in [-0.2, 0) is 0 Å². The zero-order valence-electron chi connectivity index (χ0n) is 9.83. The molecule has 1 N–H and O–H groups in total. The molecule has 1 aromatic rings. The van der Waals surface area contributed by atoms with Gasteiger partial charge in [0.2, 0.25) is 0 Å². The molecule has 86 valence electrons. The van der Waals surface area contributed by atoms with Crippen LogP contribution < -0.4 is 10.1 Å². The Kier molecular flexibility index (Phi) is 2.60. The third kappa shape index (κ3) is 1.82. The molecular weight excluding hydrogens is 198 g/mol. The molecule has 0 bridgehead atoms. The van der Waals surface area contributed by atoms with Gasteiger partial charge in [-0.1, -0.05) is 12.1 Å². The van der Waals surface area contributed by atoms with Gasteiger partial charge >= 0.3 is 0 Å². The molecule has 0 amide bonds. The summed E-state index contributed by atoms with van der Waals surface area (Å²) < 4.78 is 5.53. The molecule has 1 atom stereocenters. The van der Waals surface area contributed by atoms with Gasteiger partial charge in [-0.25, -0.2) is 0 Å². The molecule has 0 aromatic heterocycles. The van der Waals surface area contributed by atoms with E-state index in [0.29, 0.717) is 5.92 Å². The van der Waals surface area contributed by atoms with Crippen LogP contribution in [0.3, 0.4) is 0 Å². The van der Waals surface area contributed by atoms with Crippen LogP contribution in [-0.4, -0.2) is 20.2 Å². The lowest BCUT2D eigenvalue weighted by Gasteiger charge is -2.13. The molecule has 0 spiro atoms. The van der Waals surface area contributed by atoms with Crippen molar-refractivity contribution in [2.24, 2.45) is 0 Å². The summed E-state index contributed by atoms with van der Waals surface area (Å²) in [5.74, 6) is 2.56. The van der Waals surface area contributed by atoms with E-state index >= 15 is 0 Å². The molecule has 1 unspecified atom stereocenters. The summed E-state index contributed by atoms with van der Waals surface area (Å²) in [4.78, 5) is 0. The fourth-order valence-electron chi connectivity index (χ4n) is 2.65. The topological polar surface area (TPSA) is 21.3 Å². The highest BCUT2D eigenvalue weighted by atomic mass is 16.5. The van der Waals surface area contributed by atoms with Gasteiger partial charge in [-0.3, -0.25) is 0 Å². The van der Waals surface area contributed by atoms with Crippen LogP contribution in [0.1, 0.15) is 42.2 Å². The normalized spacial score (nSPS) is 24.7.